The molecule has 0 aliphatic carbocycles. The lowest BCUT2D eigenvalue weighted by molar-refractivity contribution is -0.120. The first kappa shape index (κ1) is 18.6. The third-order valence-corrected chi connectivity index (χ3v) is 5.20. The van der Waals surface area contributed by atoms with Gasteiger partial charge in [0.1, 0.15) is 18.0 Å². The van der Waals surface area contributed by atoms with Crippen LogP contribution in [0.5, 0.6) is 0 Å². The van der Waals surface area contributed by atoms with Crippen molar-refractivity contribution in [2.24, 2.45) is 0 Å². The third kappa shape index (κ3) is 3.17. The molecule has 0 unspecified atom stereocenters. The number of H-pyrrole nitrogens is 1. The van der Waals surface area contributed by atoms with E-state index < -0.39 is 12.1 Å². The van der Waals surface area contributed by atoms with Crippen LogP contribution in [0.1, 0.15) is 0 Å². The van der Waals surface area contributed by atoms with Gasteiger partial charge in [-0.05, 0) is 48.0 Å². The first-order valence-corrected chi connectivity index (χ1v) is 9.51. The number of carbonyl (C=O) groups excluding carboxylic acids is 1. The highest BCUT2D eigenvalue weighted by Gasteiger charge is 2.34. The van der Waals surface area contributed by atoms with Crippen LogP contribution in [0.15, 0.2) is 46.9 Å². The number of benzene rings is 2. The molecule has 8 nitrogen and oxygen atoms in total. The molecule has 1 aliphatic rings. The summed E-state index contributed by atoms with van der Waals surface area (Å²) in [4.78, 5) is 15.1. The molecule has 0 spiro atoms. The molecule has 0 saturated carbocycles. The third-order valence-electron chi connectivity index (χ3n) is 4.96. The van der Waals surface area contributed by atoms with E-state index in [1.54, 1.807) is 24.3 Å². The van der Waals surface area contributed by atoms with Gasteiger partial charge in [-0.3, -0.25) is 4.79 Å². The maximum Gasteiger partial charge on any atom is 0.316 e. The fraction of sp³-hybridized carbons (Fsp3) is 0.150. The predicted octanol–water partition coefficient (Wildman–Crippen LogP) is 2.95. The summed E-state index contributed by atoms with van der Waals surface area (Å²) < 4.78 is 19.2. The summed E-state index contributed by atoms with van der Waals surface area (Å²) in [5, 5.41) is 24.6. The van der Waals surface area contributed by atoms with Crippen LogP contribution in [-0.4, -0.2) is 44.9 Å². The SMILES string of the molecule is O=C1NC[C@@H](O)[C@@H]1Nc1nnc(-c2c(-c3ccc(F)cc3)[nH]c3ccc(Cl)cc23)o1. The van der Waals surface area contributed by atoms with E-state index in [-0.39, 0.29) is 30.2 Å². The number of fused-ring (bicyclic) bond motifs is 1. The number of amides is 1. The highest BCUT2D eigenvalue weighted by molar-refractivity contribution is 6.31. The fourth-order valence-corrected chi connectivity index (χ4v) is 3.68. The van der Waals surface area contributed by atoms with E-state index in [2.05, 4.69) is 25.8 Å². The van der Waals surface area contributed by atoms with Crippen molar-refractivity contribution in [2.45, 2.75) is 12.1 Å². The molecule has 152 valence electrons. The number of nitrogens with one attached hydrogen (secondary N) is 3. The van der Waals surface area contributed by atoms with Gasteiger partial charge in [0.25, 0.3) is 5.89 Å². The largest absolute Gasteiger partial charge is 0.403 e. The highest BCUT2D eigenvalue weighted by atomic mass is 35.5. The van der Waals surface area contributed by atoms with Gasteiger partial charge in [-0.1, -0.05) is 16.7 Å². The molecule has 2 atom stereocenters. The van der Waals surface area contributed by atoms with Crippen molar-refractivity contribution in [3.8, 4) is 22.7 Å². The first-order valence-electron chi connectivity index (χ1n) is 9.13. The topological polar surface area (TPSA) is 116 Å². The standard InChI is InChI=1S/C20H15ClFN5O3/c21-10-3-6-13-12(7-10)15(16(24-13)9-1-4-11(22)5-2-9)19-26-27-20(30-19)25-17-14(28)8-23-18(17)29/h1-7,14,17,24,28H,8H2,(H,23,29)(H,25,27)/t14-,17+/m1/s1. The molecule has 2 aromatic heterocycles. The zero-order chi connectivity index (χ0) is 20.8. The molecule has 0 bridgehead atoms. The van der Waals surface area contributed by atoms with Gasteiger partial charge in [-0.2, -0.15) is 0 Å². The van der Waals surface area contributed by atoms with E-state index in [0.29, 0.717) is 16.3 Å². The Morgan fingerprint density at radius 3 is 2.73 bits per heavy atom. The number of aliphatic hydroxyl groups excluding tert-OH is 1. The van der Waals surface area contributed by atoms with Gasteiger partial charge < -0.3 is 25.1 Å². The normalized spacial score (nSPS) is 18.7. The van der Waals surface area contributed by atoms with Gasteiger partial charge in [-0.25, -0.2) is 4.39 Å². The predicted molar refractivity (Wildman–Crippen MR) is 108 cm³/mol. The molecule has 0 radical (unpaired) electrons. The maximum absolute atomic E-state index is 13.4. The van der Waals surface area contributed by atoms with Crippen molar-refractivity contribution >= 4 is 34.4 Å². The van der Waals surface area contributed by atoms with Crippen LogP contribution in [0.4, 0.5) is 10.4 Å². The Morgan fingerprint density at radius 1 is 1.20 bits per heavy atom. The van der Waals surface area contributed by atoms with Crippen molar-refractivity contribution in [3.05, 3.63) is 53.3 Å². The zero-order valence-corrected chi connectivity index (χ0v) is 16.1. The van der Waals surface area contributed by atoms with Crippen LogP contribution in [0.3, 0.4) is 0 Å². The van der Waals surface area contributed by atoms with Gasteiger partial charge in [-0.15, -0.1) is 5.10 Å². The lowest BCUT2D eigenvalue weighted by Crippen LogP contribution is -2.36. The van der Waals surface area contributed by atoms with Crippen LogP contribution < -0.4 is 10.6 Å². The second-order valence-electron chi connectivity index (χ2n) is 6.92. The molecule has 30 heavy (non-hydrogen) atoms. The van der Waals surface area contributed by atoms with Crippen LogP contribution >= 0.6 is 11.6 Å². The summed E-state index contributed by atoms with van der Waals surface area (Å²) in [7, 11) is 0. The van der Waals surface area contributed by atoms with Gasteiger partial charge in [0.05, 0.1) is 11.3 Å². The Labute approximate surface area is 174 Å². The fourth-order valence-electron chi connectivity index (χ4n) is 3.50. The van der Waals surface area contributed by atoms with Crippen molar-refractivity contribution in [1.82, 2.24) is 20.5 Å². The molecule has 1 fully saturated rings. The van der Waals surface area contributed by atoms with Crippen molar-refractivity contribution in [3.63, 3.8) is 0 Å². The summed E-state index contributed by atoms with van der Waals surface area (Å²) in [6.07, 6.45) is -0.908. The Kier molecular flexibility index (Phi) is 4.41. The first-order chi connectivity index (χ1) is 14.5. The lowest BCUT2D eigenvalue weighted by Gasteiger charge is -2.10. The second-order valence-corrected chi connectivity index (χ2v) is 7.36. The monoisotopic (exact) mass is 427 g/mol. The zero-order valence-electron chi connectivity index (χ0n) is 15.3. The van der Waals surface area contributed by atoms with E-state index in [0.717, 1.165) is 16.5 Å². The Hall–Kier alpha value is -3.43. The van der Waals surface area contributed by atoms with Gasteiger partial charge in [0.15, 0.2) is 0 Å². The number of anilines is 1. The summed E-state index contributed by atoms with van der Waals surface area (Å²) >= 11 is 6.19. The number of aliphatic hydroxyl groups is 1. The number of β-amino-alcohol motifs (C(OH)–C–C–N with tert-alkyl or cyclic N) is 1. The summed E-state index contributed by atoms with van der Waals surface area (Å²) in [6, 6.07) is 10.4. The van der Waals surface area contributed by atoms with E-state index in [9.17, 15) is 14.3 Å². The van der Waals surface area contributed by atoms with E-state index in [1.165, 1.54) is 12.1 Å². The maximum atomic E-state index is 13.4. The average molecular weight is 428 g/mol. The van der Waals surface area contributed by atoms with Crippen LogP contribution in [0.25, 0.3) is 33.6 Å². The number of nitrogens with zero attached hydrogens (tertiary/aromatic N) is 2. The molecule has 1 amide bonds. The van der Waals surface area contributed by atoms with Crippen LogP contribution in [0, 0.1) is 5.82 Å². The van der Waals surface area contributed by atoms with Gasteiger partial charge >= 0.3 is 6.01 Å². The molecule has 10 heteroatoms. The summed E-state index contributed by atoms with van der Waals surface area (Å²) in [5.74, 6) is -0.525. The molecule has 1 aliphatic heterocycles. The van der Waals surface area contributed by atoms with Crippen molar-refractivity contribution < 1.29 is 18.7 Å². The van der Waals surface area contributed by atoms with E-state index in [4.69, 9.17) is 16.0 Å². The minimum Gasteiger partial charge on any atom is -0.403 e. The smallest absolute Gasteiger partial charge is 0.316 e. The molecule has 3 heterocycles. The van der Waals surface area contributed by atoms with Gasteiger partial charge in [0.2, 0.25) is 5.91 Å². The number of carbonyl (C=O) groups is 1. The van der Waals surface area contributed by atoms with Crippen LogP contribution in [-0.2, 0) is 4.79 Å². The number of aromatic nitrogens is 3. The van der Waals surface area contributed by atoms with Crippen molar-refractivity contribution in [2.75, 3.05) is 11.9 Å². The average Bonchev–Trinajstić information content (AvgIpc) is 3.42. The van der Waals surface area contributed by atoms with Gasteiger partial charge in [0, 0.05) is 22.5 Å². The molecule has 4 N–H and O–H groups in total. The molecule has 5 rings (SSSR count). The number of aromatic amines is 1. The van der Waals surface area contributed by atoms with E-state index in [1.807, 2.05) is 6.07 Å². The second kappa shape index (κ2) is 7.12. The lowest BCUT2D eigenvalue weighted by atomic mass is 10.1. The Balaban J connectivity index is 1.60. The molecule has 1 saturated heterocycles. The Bertz CT molecular complexity index is 1250. The van der Waals surface area contributed by atoms with Crippen LogP contribution in [0.2, 0.25) is 5.02 Å². The minimum atomic E-state index is -0.908. The molecule has 4 aromatic rings. The summed E-state index contributed by atoms with van der Waals surface area (Å²) in [6.45, 7) is 0.146. The number of hydrogen-bond donors (Lipinski definition) is 4. The highest BCUT2D eigenvalue weighted by Crippen LogP contribution is 2.39. The summed E-state index contributed by atoms with van der Waals surface area (Å²) in [5.41, 5.74) is 2.75. The molecule has 2 aromatic carbocycles. The Morgan fingerprint density at radius 2 is 2.00 bits per heavy atom. The van der Waals surface area contributed by atoms with Crippen molar-refractivity contribution in [1.29, 1.82) is 0 Å². The minimum absolute atomic E-state index is 0.00691. The molecular weight excluding hydrogens is 413 g/mol. The molecular formula is C20H15ClFN5O3. The number of rotatable bonds is 4. The number of hydrogen-bond acceptors (Lipinski definition) is 6. The quantitative estimate of drug-likeness (QED) is 0.398. The number of halogens is 2. The van der Waals surface area contributed by atoms with E-state index >= 15 is 0 Å².